The highest BCUT2D eigenvalue weighted by atomic mass is 35.5. The summed E-state index contributed by atoms with van der Waals surface area (Å²) in [4.78, 5) is 66.4. The minimum absolute atomic E-state index is 0.00616. The first kappa shape index (κ1) is 88.5. The van der Waals surface area contributed by atoms with E-state index < -0.39 is 125 Å². The molecule has 6 fully saturated rings. The second-order valence-corrected chi connectivity index (χ2v) is 38.1. The molecule has 2 amide bonds. The summed E-state index contributed by atoms with van der Waals surface area (Å²) in [5, 5.41) is 33.8. The standard InChI is InChI=1S/C23H25ClFN5O3S.C23H23ClFN5O3S.C15H20N4.C8H5ClFNO4S.C8H7ClFNO4S/c1-13-11-17(14-6-7-14)26-20-12-18(27-30(13)20)19-5-3-4-10-29(19)23(31)15-8-9-16(24)21(25)22(15)28-34(2,32)33;1-13-9-18(14-6-7-14)26-22-12-20(27-30(13)22)21-5-3-4-8-29(21)23(31)15-10-16(24)17(25)11-19(15)28-34(2,32)33;1-10-8-13(11-5-6-11)17-15-9-14(18-19(10)15)12-4-2-3-7-16-12;1-16(14,15)11-7-3-6(10)5(9)2-4(7)8(12)13;1-16(14,15)11-7-4(8(12)13)2-3-5(10)6(7)9/h8-9,11-12,14,19,28H,3-7,10H2,1-2H3;6,9-12,14,21H,3-5,7-8H2,1-2H3;8-9,11-12,16H,2-7H2,1H3;2-3,11H,1H2;2-3,11H,1H3,(H,12,13)/p+2/t19-;14?,21-;12-;;/m000../s1. The van der Waals surface area contributed by atoms with Crippen molar-refractivity contribution < 1.29 is 80.6 Å². The fourth-order valence-corrected chi connectivity index (χ4v) is 17.0. The lowest BCUT2D eigenvalue weighted by Gasteiger charge is -2.35. The van der Waals surface area contributed by atoms with Crippen LogP contribution in [0.15, 0.2) is 84.9 Å². The van der Waals surface area contributed by atoms with Gasteiger partial charge in [0.1, 0.15) is 28.9 Å². The molecule has 4 aromatic carbocycles. The molecule has 7 N–H and O–H groups in total. The fraction of sp³-hybridized carbons (Fsp3) is 0.377. The van der Waals surface area contributed by atoms with Gasteiger partial charge in [-0.25, -0.2) is 85.6 Å². The molecule has 6 aliphatic rings. The molecule has 4 atom stereocenters. The number of piperidine rings is 3. The fourth-order valence-electron chi connectivity index (χ4n) is 14.1. The molecular weight excluding hydrogens is 1720 g/mol. The van der Waals surface area contributed by atoms with Crippen LogP contribution in [0.5, 0.6) is 0 Å². The number of carboxylic acid groups (broad SMARTS) is 2. The lowest BCUT2D eigenvalue weighted by atomic mass is 9.98. The van der Waals surface area contributed by atoms with Crippen molar-refractivity contribution in [2.75, 3.05) is 57.3 Å². The topological polar surface area (TPSA) is 402 Å². The third-order valence-corrected chi connectivity index (χ3v) is 23.5. The van der Waals surface area contributed by atoms with Crippen LogP contribution in [-0.4, -0.2) is 160 Å². The summed E-state index contributed by atoms with van der Waals surface area (Å²) in [7, 11) is -15.3. The Bertz CT molecular complexity index is 6010. The van der Waals surface area contributed by atoms with Crippen molar-refractivity contribution in [2.45, 2.75) is 147 Å². The SMILES string of the molecule is CS(=O)(=O)Nc1c(C(=O)O)ccc(F)c1Cl.Cc1cc(C2CC2)nc2cc([C@@H]3CCCCN3)nn12.Cc1cc(C2CC2)nc2cc([C@@H]3CCCCN3C(=O)c3ccc(Cl)c(F)c3NS(C)(=O)=O)nn12.Cc1cc(C2[CH+]C2)nc2cc([C@@H]3CCCCN3C(=O)c3cc(Cl)c(F)cc3NS(C)(=O)=O)nn12.[CH2+]S(=O)(=O)Nc1cc(F)c(Cl)cc1C(=O)O. The number of carbonyl (C=O) groups is 4. The number of amides is 2. The summed E-state index contributed by atoms with van der Waals surface area (Å²) in [5.41, 5.74) is 9.10. The summed E-state index contributed by atoms with van der Waals surface area (Å²) in [6.45, 7) is 8.11. The first-order chi connectivity index (χ1) is 56.0. The van der Waals surface area contributed by atoms with Gasteiger partial charge < -0.3 is 25.3 Å². The number of hydrogen-bond donors (Lipinski definition) is 7. The molecule has 3 saturated carbocycles. The van der Waals surface area contributed by atoms with Gasteiger partial charge in [-0.05, 0) is 159 Å². The van der Waals surface area contributed by atoms with Crippen LogP contribution in [0, 0.1) is 56.7 Å². The highest BCUT2D eigenvalue weighted by Crippen LogP contribution is 2.44. The number of nitrogens with one attached hydrogen (secondary N) is 5. The number of carboxylic acids is 2. The average Bonchev–Trinajstić information content (AvgIpc) is 1.69. The number of likely N-dealkylation sites (tertiary alicyclic amines) is 2. The second kappa shape index (κ2) is 35.9. The summed E-state index contributed by atoms with van der Waals surface area (Å²) in [5.74, 6) is -5.79. The van der Waals surface area contributed by atoms with Crippen molar-refractivity contribution in [1.82, 2.24) is 58.9 Å². The van der Waals surface area contributed by atoms with Gasteiger partial charge in [0, 0.05) is 83.7 Å². The zero-order chi connectivity index (χ0) is 86.2. The number of carbonyl (C=O) groups excluding carboxylic acids is 2. The lowest BCUT2D eigenvalue weighted by molar-refractivity contribution is 0.0599. The van der Waals surface area contributed by atoms with Crippen LogP contribution in [0.25, 0.3) is 16.9 Å². The van der Waals surface area contributed by atoms with E-state index in [0.717, 1.165) is 140 Å². The van der Waals surface area contributed by atoms with Gasteiger partial charge in [-0.3, -0.25) is 23.8 Å². The van der Waals surface area contributed by atoms with Crippen molar-refractivity contribution in [3.05, 3.63) is 214 Å². The Labute approximate surface area is 703 Å². The monoisotopic (exact) mass is 1800 g/mol. The maximum atomic E-state index is 14.8. The number of sulfonamides is 4. The Balaban J connectivity index is 0.000000142. The summed E-state index contributed by atoms with van der Waals surface area (Å²) in [6.07, 6.45) is 22.1. The van der Waals surface area contributed by atoms with Gasteiger partial charge in [0.05, 0.1) is 126 Å². The zero-order valence-corrected chi connectivity index (χ0v) is 71.0. The van der Waals surface area contributed by atoms with Crippen molar-refractivity contribution in [3.8, 4) is 0 Å². The van der Waals surface area contributed by atoms with Crippen LogP contribution in [-0.2, 0) is 40.1 Å². The van der Waals surface area contributed by atoms with E-state index in [-0.39, 0.29) is 38.9 Å². The normalized spacial score (nSPS) is 18.0. The largest absolute Gasteiger partial charge is 0.478 e. The van der Waals surface area contributed by atoms with Crippen LogP contribution in [0.4, 0.5) is 40.3 Å². The first-order valence-electron chi connectivity index (χ1n) is 37.5. The molecule has 632 valence electrons. The zero-order valence-electron chi connectivity index (χ0n) is 64.7. The Morgan fingerprint density at radius 3 is 1.36 bits per heavy atom. The van der Waals surface area contributed by atoms with Gasteiger partial charge in [-0.15, -0.1) is 0 Å². The smallest absolute Gasteiger partial charge is 0.382 e. The van der Waals surface area contributed by atoms with Crippen molar-refractivity contribution in [2.24, 2.45) is 0 Å². The van der Waals surface area contributed by atoms with Gasteiger partial charge in [-0.2, -0.15) is 23.7 Å². The van der Waals surface area contributed by atoms with Crippen LogP contribution < -0.4 is 24.2 Å². The van der Waals surface area contributed by atoms with Crippen LogP contribution in [0.3, 0.4) is 0 Å². The Morgan fingerprint density at radius 2 is 0.908 bits per heavy atom. The number of benzene rings is 4. The van der Waals surface area contributed by atoms with E-state index in [1.54, 1.807) is 23.6 Å². The van der Waals surface area contributed by atoms with Crippen molar-refractivity contribution in [1.29, 1.82) is 0 Å². The molecule has 3 aliphatic carbocycles. The molecule has 0 bridgehead atoms. The molecule has 1 unspecified atom stereocenters. The van der Waals surface area contributed by atoms with Crippen LogP contribution >= 0.6 is 46.4 Å². The van der Waals surface area contributed by atoms with E-state index >= 15 is 0 Å². The van der Waals surface area contributed by atoms with E-state index in [4.69, 9.17) is 86.9 Å². The minimum Gasteiger partial charge on any atom is -0.478 e. The first-order valence-corrected chi connectivity index (χ1v) is 46.3. The molecule has 0 spiro atoms. The van der Waals surface area contributed by atoms with Gasteiger partial charge >= 0.3 is 22.0 Å². The molecule has 3 saturated heterocycles. The molecule has 9 heterocycles. The van der Waals surface area contributed by atoms with Crippen LogP contribution in [0.2, 0.25) is 20.1 Å². The highest BCUT2D eigenvalue weighted by molar-refractivity contribution is 7.94. The summed E-state index contributed by atoms with van der Waals surface area (Å²) >= 11 is 22.7. The Hall–Kier alpha value is -9.80. The van der Waals surface area contributed by atoms with Gasteiger partial charge in [0.25, 0.3) is 11.8 Å². The van der Waals surface area contributed by atoms with Gasteiger partial charge in [0.15, 0.2) is 28.7 Å². The molecule has 30 nitrogen and oxygen atoms in total. The Morgan fingerprint density at radius 1 is 0.479 bits per heavy atom. The van der Waals surface area contributed by atoms with Crippen molar-refractivity contribution >= 4 is 150 Å². The van der Waals surface area contributed by atoms with Crippen molar-refractivity contribution in [3.63, 3.8) is 0 Å². The number of aromatic carboxylic acids is 2. The molecule has 3 aliphatic heterocycles. The van der Waals surface area contributed by atoms with E-state index in [9.17, 15) is 70.4 Å². The van der Waals surface area contributed by atoms with Gasteiger partial charge in [-0.1, -0.05) is 52.8 Å². The maximum Gasteiger partial charge on any atom is 0.382 e. The number of hydrogen-bond acceptors (Lipinski definition) is 19. The van der Waals surface area contributed by atoms with Crippen LogP contribution in [0.1, 0.15) is 218 Å². The van der Waals surface area contributed by atoms with E-state index in [1.165, 1.54) is 61.7 Å². The molecule has 10 aromatic rings. The van der Waals surface area contributed by atoms with Gasteiger partial charge in [0.2, 0.25) is 36.3 Å². The molecule has 42 heteroatoms. The number of rotatable bonds is 18. The summed E-state index contributed by atoms with van der Waals surface area (Å²) in [6, 6.07) is 20.0. The number of fused-ring (bicyclic) bond motifs is 3. The van der Waals surface area contributed by atoms with E-state index in [2.05, 4.69) is 52.6 Å². The number of aromatic nitrogens is 9. The second-order valence-electron chi connectivity index (χ2n) is 29.8. The third-order valence-electron chi connectivity index (χ3n) is 20.0. The number of anilines is 4. The average molecular weight is 1800 g/mol. The molecule has 6 aromatic heterocycles. The molecule has 16 rings (SSSR count). The predicted molar refractivity (Wildman–Crippen MR) is 441 cm³/mol. The summed E-state index contributed by atoms with van der Waals surface area (Å²) < 4.78 is 159. The highest BCUT2D eigenvalue weighted by Gasteiger charge is 2.41. The lowest BCUT2D eigenvalue weighted by Crippen LogP contribution is -2.39. The number of nitrogens with zero attached hydrogens (tertiary/aromatic N) is 11. The number of halogens is 8. The third kappa shape index (κ3) is 22.1. The quantitative estimate of drug-likeness (QED) is 0.0310. The molecular formula is C77H82Cl4F4N16O14S4+2. The Kier molecular flexibility index (Phi) is 26.7. The molecule has 0 radical (unpaired) electrons. The maximum absolute atomic E-state index is 14.8. The van der Waals surface area contributed by atoms with E-state index in [0.29, 0.717) is 67.2 Å². The minimum atomic E-state index is -3.94. The predicted octanol–water partition coefficient (Wildman–Crippen LogP) is 14.7. The number of aryl methyl sites for hydroxylation is 3. The van der Waals surface area contributed by atoms with E-state index in [1.807, 2.05) is 41.3 Å². The molecule has 119 heavy (non-hydrogen) atoms.